The molecule has 1 heterocycles. The topological polar surface area (TPSA) is 91.2 Å². The highest BCUT2D eigenvalue weighted by molar-refractivity contribution is 5.81. The van der Waals surface area contributed by atoms with Crippen LogP contribution >= 0.6 is 0 Å². The van der Waals surface area contributed by atoms with Gasteiger partial charge in [-0.05, 0) is 19.5 Å². The largest absolute Gasteiger partial charge is 0.493 e. The molecule has 0 radical (unpaired) electrons. The number of nitrogens with one attached hydrogen (secondary N) is 1. The van der Waals surface area contributed by atoms with Gasteiger partial charge < -0.3 is 14.5 Å². The van der Waals surface area contributed by atoms with Gasteiger partial charge in [-0.3, -0.25) is 9.69 Å². The van der Waals surface area contributed by atoms with Crippen LogP contribution in [0, 0.1) is 17.2 Å². The average Bonchev–Trinajstić information content (AvgIpc) is 2.59. The van der Waals surface area contributed by atoms with Crippen LogP contribution in [0.5, 0.6) is 11.5 Å². The molecule has 0 bridgehead atoms. The van der Waals surface area contributed by atoms with Crippen molar-refractivity contribution in [2.24, 2.45) is 5.92 Å². The molecule has 0 fully saturated rings. The van der Waals surface area contributed by atoms with Crippen LogP contribution in [-0.4, -0.2) is 42.2 Å². The van der Waals surface area contributed by atoms with Crippen LogP contribution in [0.4, 0.5) is 0 Å². The van der Waals surface area contributed by atoms with E-state index in [-0.39, 0.29) is 11.5 Å². The fraction of sp³-hybridized carbons (Fsp3) is 0.471. The third-order valence-electron chi connectivity index (χ3n) is 3.83. The van der Waals surface area contributed by atoms with E-state index < -0.39 is 0 Å². The predicted octanol–water partition coefficient (Wildman–Crippen LogP) is 1.92. The molecule has 1 aromatic carbocycles. The Morgan fingerprint density at radius 2 is 2.00 bits per heavy atom. The van der Waals surface area contributed by atoms with E-state index in [1.165, 1.54) is 7.11 Å². The molecule has 0 saturated heterocycles. The molecule has 0 aliphatic heterocycles. The van der Waals surface area contributed by atoms with Gasteiger partial charge in [0, 0.05) is 12.6 Å². The van der Waals surface area contributed by atoms with Crippen LogP contribution in [0.25, 0.3) is 10.9 Å². The molecule has 128 valence electrons. The first-order valence-electron chi connectivity index (χ1n) is 7.79. The summed E-state index contributed by atoms with van der Waals surface area (Å²) in [5.41, 5.74) is 0.330. The lowest BCUT2D eigenvalue weighted by Gasteiger charge is -2.20. The third kappa shape index (κ3) is 3.84. The molecule has 0 aliphatic carbocycles. The molecular weight excluding hydrogens is 308 g/mol. The van der Waals surface area contributed by atoms with Crippen molar-refractivity contribution in [3.8, 4) is 17.6 Å². The van der Waals surface area contributed by atoms with E-state index in [1.807, 2.05) is 13.8 Å². The summed E-state index contributed by atoms with van der Waals surface area (Å²) in [5.74, 6) is 1.50. The minimum absolute atomic E-state index is 0.0820. The van der Waals surface area contributed by atoms with E-state index in [9.17, 15) is 4.79 Å². The van der Waals surface area contributed by atoms with Gasteiger partial charge >= 0.3 is 0 Å². The summed E-state index contributed by atoms with van der Waals surface area (Å²) in [5, 5.41) is 9.41. The number of nitrogens with zero attached hydrogens (tertiary/aromatic N) is 3. The molecule has 1 N–H and O–H groups in total. The zero-order valence-electron chi connectivity index (χ0n) is 14.4. The number of nitriles is 1. The number of hydrogen-bond donors (Lipinski definition) is 1. The lowest BCUT2D eigenvalue weighted by molar-refractivity contribution is 0.254. The van der Waals surface area contributed by atoms with Crippen molar-refractivity contribution in [3.63, 3.8) is 0 Å². The second kappa shape index (κ2) is 7.79. The van der Waals surface area contributed by atoms with Gasteiger partial charge in [0.25, 0.3) is 5.56 Å². The zero-order chi connectivity index (χ0) is 17.7. The Kier molecular flexibility index (Phi) is 5.77. The summed E-state index contributed by atoms with van der Waals surface area (Å²) in [4.78, 5) is 21.8. The minimum atomic E-state index is -0.222. The number of hydrogen-bond acceptors (Lipinski definition) is 6. The maximum Gasteiger partial charge on any atom is 0.258 e. The van der Waals surface area contributed by atoms with Crippen LogP contribution in [0.2, 0.25) is 0 Å². The lowest BCUT2D eigenvalue weighted by Crippen LogP contribution is -2.29. The van der Waals surface area contributed by atoms with Crippen molar-refractivity contribution in [2.45, 2.75) is 20.4 Å². The quantitative estimate of drug-likeness (QED) is 0.834. The molecule has 2 aromatic rings. The fourth-order valence-corrected chi connectivity index (χ4v) is 2.53. The van der Waals surface area contributed by atoms with Crippen molar-refractivity contribution in [1.29, 1.82) is 5.26 Å². The SMILES string of the molecule is CCN(Cc1nc2cc(OC)c(OC)cc2c(=O)[nH]1)C[C@@H](C)C#N. The van der Waals surface area contributed by atoms with Crippen molar-refractivity contribution in [1.82, 2.24) is 14.9 Å². The second-order valence-electron chi connectivity index (χ2n) is 5.59. The number of methoxy groups -OCH3 is 2. The van der Waals surface area contributed by atoms with Crippen molar-refractivity contribution < 1.29 is 9.47 Å². The van der Waals surface area contributed by atoms with Gasteiger partial charge in [0.15, 0.2) is 11.5 Å². The lowest BCUT2D eigenvalue weighted by atomic mass is 10.2. The highest BCUT2D eigenvalue weighted by Crippen LogP contribution is 2.29. The number of H-pyrrole nitrogens is 1. The van der Waals surface area contributed by atoms with E-state index >= 15 is 0 Å². The van der Waals surface area contributed by atoms with E-state index in [0.717, 1.165) is 6.54 Å². The van der Waals surface area contributed by atoms with E-state index in [1.54, 1.807) is 19.2 Å². The molecule has 0 spiro atoms. The van der Waals surface area contributed by atoms with Gasteiger partial charge in [-0.1, -0.05) is 6.92 Å². The number of aromatic amines is 1. The summed E-state index contributed by atoms with van der Waals surface area (Å²) in [6.07, 6.45) is 0. The molecule has 24 heavy (non-hydrogen) atoms. The van der Waals surface area contributed by atoms with Gasteiger partial charge in [-0.15, -0.1) is 0 Å². The average molecular weight is 330 g/mol. The van der Waals surface area contributed by atoms with Crippen LogP contribution in [0.3, 0.4) is 0 Å². The molecular formula is C17H22N4O3. The van der Waals surface area contributed by atoms with E-state index in [0.29, 0.717) is 41.3 Å². The fourth-order valence-electron chi connectivity index (χ4n) is 2.53. The first kappa shape index (κ1) is 17.8. The highest BCUT2D eigenvalue weighted by atomic mass is 16.5. The Bertz CT molecular complexity index is 810. The number of benzene rings is 1. The Morgan fingerprint density at radius 3 is 2.58 bits per heavy atom. The van der Waals surface area contributed by atoms with Gasteiger partial charge in [-0.2, -0.15) is 5.26 Å². The van der Waals surface area contributed by atoms with Gasteiger partial charge in [0.1, 0.15) is 5.82 Å². The molecule has 1 aromatic heterocycles. The number of fused-ring (bicyclic) bond motifs is 1. The monoisotopic (exact) mass is 330 g/mol. The molecule has 0 amide bonds. The van der Waals surface area contributed by atoms with E-state index in [2.05, 4.69) is 20.9 Å². The van der Waals surface area contributed by atoms with Crippen LogP contribution < -0.4 is 15.0 Å². The normalized spacial score (nSPS) is 12.2. The molecule has 1 atom stereocenters. The van der Waals surface area contributed by atoms with Crippen LogP contribution in [0.1, 0.15) is 19.7 Å². The Balaban J connectivity index is 2.39. The summed E-state index contributed by atoms with van der Waals surface area (Å²) in [6, 6.07) is 5.54. The standard InChI is InChI=1S/C17H22N4O3/c1-5-21(9-11(2)8-18)10-16-19-13-7-15(24-4)14(23-3)6-12(13)17(22)20-16/h6-7,11H,5,9-10H2,1-4H3,(H,19,20,22)/t11-/m0/s1. The van der Waals surface area contributed by atoms with Crippen molar-refractivity contribution in [3.05, 3.63) is 28.3 Å². The maximum absolute atomic E-state index is 12.4. The van der Waals surface area contributed by atoms with Crippen molar-refractivity contribution in [2.75, 3.05) is 27.3 Å². The first-order valence-corrected chi connectivity index (χ1v) is 7.79. The Labute approximate surface area is 140 Å². The molecule has 7 nitrogen and oxygen atoms in total. The second-order valence-corrected chi connectivity index (χ2v) is 5.59. The van der Waals surface area contributed by atoms with Gasteiger partial charge in [-0.25, -0.2) is 4.98 Å². The summed E-state index contributed by atoms with van der Waals surface area (Å²) in [7, 11) is 3.06. The van der Waals surface area contributed by atoms with Crippen LogP contribution in [-0.2, 0) is 6.54 Å². The highest BCUT2D eigenvalue weighted by Gasteiger charge is 2.14. The smallest absolute Gasteiger partial charge is 0.258 e. The molecule has 7 heteroatoms. The summed E-state index contributed by atoms with van der Waals surface area (Å²) in [6.45, 7) is 5.75. The van der Waals surface area contributed by atoms with E-state index in [4.69, 9.17) is 14.7 Å². The minimum Gasteiger partial charge on any atom is -0.493 e. The summed E-state index contributed by atoms with van der Waals surface area (Å²) < 4.78 is 10.5. The molecule has 0 saturated carbocycles. The zero-order valence-corrected chi connectivity index (χ0v) is 14.4. The van der Waals surface area contributed by atoms with Crippen molar-refractivity contribution >= 4 is 10.9 Å². The summed E-state index contributed by atoms with van der Waals surface area (Å²) >= 11 is 0. The predicted molar refractivity (Wildman–Crippen MR) is 91.2 cm³/mol. The molecule has 0 aliphatic rings. The van der Waals surface area contributed by atoms with Gasteiger partial charge in [0.05, 0.1) is 43.7 Å². The Morgan fingerprint density at radius 1 is 1.33 bits per heavy atom. The number of ether oxygens (including phenoxy) is 2. The number of rotatable bonds is 7. The first-order chi connectivity index (χ1) is 11.5. The third-order valence-corrected chi connectivity index (χ3v) is 3.83. The molecule has 2 rings (SSSR count). The van der Waals surface area contributed by atoms with Gasteiger partial charge in [0.2, 0.25) is 0 Å². The number of aromatic nitrogens is 2. The maximum atomic E-state index is 12.4. The van der Waals surface area contributed by atoms with Crippen LogP contribution in [0.15, 0.2) is 16.9 Å². The molecule has 0 unspecified atom stereocenters. The Hall–Kier alpha value is -2.59.